The Morgan fingerprint density at radius 2 is 1.85 bits per heavy atom. The van der Waals surface area contributed by atoms with Gasteiger partial charge in [0.1, 0.15) is 11.4 Å². The number of halogens is 3. The molecule has 0 bridgehead atoms. The number of ether oxygens (including phenoxy) is 2. The Bertz CT molecular complexity index is 1220. The molecule has 2 atom stereocenters. The number of methoxy groups -OCH3 is 2. The van der Waals surface area contributed by atoms with Crippen LogP contribution in [0.4, 0.5) is 24.7 Å². The standard InChI is InChI=1S/C24H25F3N4O3/c1-13-5-7-17(14(2)9-13)30-23(32)16-12-28-31-21(24(25,26)27)11-18(29-22(16)31)15-6-8-19(33-3)20(10-15)34-4/h5-10,12,18,21,29H,11H2,1-4H3,(H,30,32)/t18-,21+/m0/s1. The van der Waals surface area contributed by atoms with Gasteiger partial charge in [0.15, 0.2) is 17.5 Å². The highest BCUT2D eigenvalue weighted by Gasteiger charge is 2.47. The number of nitrogens with one attached hydrogen (secondary N) is 2. The molecule has 10 heteroatoms. The number of hydrogen-bond donors (Lipinski definition) is 2. The zero-order chi connectivity index (χ0) is 24.6. The third-order valence-corrected chi connectivity index (χ3v) is 5.92. The molecule has 1 aliphatic heterocycles. The number of nitrogens with zero attached hydrogens (tertiary/aromatic N) is 2. The minimum absolute atomic E-state index is 0.00984. The van der Waals surface area contributed by atoms with E-state index < -0.39 is 24.2 Å². The van der Waals surface area contributed by atoms with Crippen LogP contribution in [0.1, 0.15) is 45.6 Å². The molecule has 0 spiro atoms. The summed E-state index contributed by atoms with van der Waals surface area (Å²) in [4.78, 5) is 13.0. The molecule has 1 aliphatic rings. The van der Waals surface area contributed by atoms with Gasteiger partial charge in [0.2, 0.25) is 0 Å². The highest BCUT2D eigenvalue weighted by Crippen LogP contribution is 2.45. The van der Waals surface area contributed by atoms with Gasteiger partial charge in [-0.25, -0.2) is 4.68 Å². The van der Waals surface area contributed by atoms with Gasteiger partial charge in [-0.05, 0) is 43.2 Å². The first-order valence-electron chi connectivity index (χ1n) is 10.6. The second-order valence-corrected chi connectivity index (χ2v) is 8.23. The highest BCUT2D eigenvalue weighted by molar-refractivity contribution is 6.07. The van der Waals surface area contributed by atoms with Crippen LogP contribution in [0.25, 0.3) is 0 Å². The Balaban J connectivity index is 1.70. The Labute approximate surface area is 194 Å². The van der Waals surface area contributed by atoms with Crippen molar-refractivity contribution in [2.75, 3.05) is 24.9 Å². The molecule has 0 saturated carbocycles. The minimum Gasteiger partial charge on any atom is -0.493 e. The molecule has 34 heavy (non-hydrogen) atoms. The molecule has 0 radical (unpaired) electrons. The SMILES string of the molecule is COc1ccc([C@@H]2C[C@H](C(F)(F)F)n3ncc(C(=O)Nc4ccc(C)cc4C)c3N2)cc1OC. The van der Waals surface area contributed by atoms with Gasteiger partial charge < -0.3 is 20.1 Å². The summed E-state index contributed by atoms with van der Waals surface area (Å²) in [6, 6.07) is 7.83. The van der Waals surface area contributed by atoms with Gasteiger partial charge in [-0.1, -0.05) is 23.8 Å². The van der Waals surface area contributed by atoms with Gasteiger partial charge >= 0.3 is 6.18 Å². The topological polar surface area (TPSA) is 77.4 Å². The number of aryl methyl sites for hydroxylation is 2. The Hall–Kier alpha value is -3.69. The Kier molecular flexibility index (Phi) is 6.16. The molecule has 0 aliphatic carbocycles. The first kappa shape index (κ1) is 23.5. The van der Waals surface area contributed by atoms with E-state index in [1.165, 1.54) is 14.2 Å². The number of aromatic nitrogens is 2. The second kappa shape index (κ2) is 8.92. The zero-order valence-corrected chi connectivity index (χ0v) is 19.2. The molecule has 3 aromatic rings. The Morgan fingerprint density at radius 3 is 2.50 bits per heavy atom. The molecular formula is C24H25F3N4O3. The van der Waals surface area contributed by atoms with E-state index in [0.29, 0.717) is 22.7 Å². The lowest BCUT2D eigenvalue weighted by atomic mass is 9.96. The van der Waals surface area contributed by atoms with E-state index in [-0.39, 0.29) is 17.8 Å². The summed E-state index contributed by atoms with van der Waals surface area (Å²) in [5, 5.41) is 9.79. The van der Waals surface area contributed by atoms with Gasteiger partial charge in [-0.15, -0.1) is 0 Å². The monoisotopic (exact) mass is 474 g/mol. The molecule has 1 amide bonds. The van der Waals surface area contributed by atoms with E-state index in [2.05, 4.69) is 15.7 Å². The van der Waals surface area contributed by atoms with Crippen LogP contribution in [0.3, 0.4) is 0 Å². The fourth-order valence-corrected chi connectivity index (χ4v) is 4.16. The maximum Gasteiger partial charge on any atom is 0.410 e. The number of anilines is 2. The van der Waals surface area contributed by atoms with Crippen molar-refractivity contribution in [3.63, 3.8) is 0 Å². The van der Waals surface area contributed by atoms with Gasteiger partial charge in [0.05, 0.1) is 26.5 Å². The summed E-state index contributed by atoms with van der Waals surface area (Å²) < 4.78 is 53.3. The van der Waals surface area contributed by atoms with Crippen molar-refractivity contribution >= 4 is 17.4 Å². The second-order valence-electron chi connectivity index (χ2n) is 8.23. The molecule has 0 fully saturated rings. The van der Waals surface area contributed by atoms with Crippen molar-refractivity contribution in [1.82, 2.24) is 9.78 Å². The quantitative estimate of drug-likeness (QED) is 0.516. The summed E-state index contributed by atoms with van der Waals surface area (Å²) in [6.07, 6.45) is -3.69. The zero-order valence-electron chi connectivity index (χ0n) is 19.2. The molecule has 0 unspecified atom stereocenters. The van der Waals surface area contributed by atoms with Crippen molar-refractivity contribution in [1.29, 1.82) is 0 Å². The van der Waals surface area contributed by atoms with Crippen LogP contribution in [0.2, 0.25) is 0 Å². The van der Waals surface area contributed by atoms with E-state index in [9.17, 15) is 18.0 Å². The number of amides is 1. The third-order valence-electron chi connectivity index (χ3n) is 5.92. The fourth-order valence-electron chi connectivity index (χ4n) is 4.16. The van der Waals surface area contributed by atoms with Crippen molar-refractivity contribution in [3.05, 3.63) is 64.8 Å². The number of fused-ring (bicyclic) bond motifs is 1. The number of hydrogen-bond acceptors (Lipinski definition) is 5. The summed E-state index contributed by atoms with van der Waals surface area (Å²) in [5.41, 5.74) is 3.05. The normalized spacial score (nSPS) is 17.5. The lowest BCUT2D eigenvalue weighted by Gasteiger charge is -2.34. The molecule has 7 nitrogen and oxygen atoms in total. The smallest absolute Gasteiger partial charge is 0.410 e. The van der Waals surface area contributed by atoms with Gasteiger partial charge in [-0.3, -0.25) is 4.79 Å². The average molecular weight is 474 g/mol. The lowest BCUT2D eigenvalue weighted by Crippen LogP contribution is -2.36. The predicted molar refractivity (Wildman–Crippen MR) is 122 cm³/mol. The summed E-state index contributed by atoms with van der Waals surface area (Å²) in [7, 11) is 2.94. The maximum atomic E-state index is 14.0. The lowest BCUT2D eigenvalue weighted by molar-refractivity contribution is -0.173. The highest BCUT2D eigenvalue weighted by atomic mass is 19.4. The fraction of sp³-hybridized carbons (Fsp3) is 0.333. The largest absolute Gasteiger partial charge is 0.493 e. The number of rotatable bonds is 5. The van der Waals surface area contributed by atoms with Crippen LogP contribution in [0.15, 0.2) is 42.6 Å². The summed E-state index contributed by atoms with van der Waals surface area (Å²) >= 11 is 0. The predicted octanol–water partition coefficient (Wildman–Crippen LogP) is 5.43. The van der Waals surface area contributed by atoms with Crippen LogP contribution in [-0.4, -0.2) is 36.1 Å². The average Bonchev–Trinajstić information content (AvgIpc) is 3.23. The maximum absolute atomic E-state index is 14.0. The van der Waals surface area contributed by atoms with Crippen LogP contribution < -0.4 is 20.1 Å². The molecule has 180 valence electrons. The molecule has 2 heterocycles. The molecule has 1 aromatic heterocycles. The molecule has 4 rings (SSSR count). The minimum atomic E-state index is -4.56. The summed E-state index contributed by atoms with van der Waals surface area (Å²) in [5.74, 6) is 0.329. The van der Waals surface area contributed by atoms with E-state index in [0.717, 1.165) is 22.0 Å². The summed E-state index contributed by atoms with van der Waals surface area (Å²) in [6.45, 7) is 3.78. The van der Waals surface area contributed by atoms with Crippen molar-refractivity contribution in [2.24, 2.45) is 0 Å². The molecule has 0 saturated heterocycles. The Morgan fingerprint density at radius 1 is 1.12 bits per heavy atom. The number of carbonyl (C=O) groups excluding carboxylic acids is 1. The van der Waals surface area contributed by atoms with Crippen molar-refractivity contribution in [3.8, 4) is 11.5 Å². The van der Waals surface area contributed by atoms with Crippen molar-refractivity contribution in [2.45, 2.75) is 38.5 Å². The third kappa shape index (κ3) is 4.40. The van der Waals surface area contributed by atoms with Gasteiger partial charge in [0, 0.05) is 12.1 Å². The van der Waals surface area contributed by atoms with E-state index in [1.807, 2.05) is 26.0 Å². The van der Waals surface area contributed by atoms with Crippen LogP contribution in [0, 0.1) is 13.8 Å². The van der Waals surface area contributed by atoms with Gasteiger partial charge in [-0.2, -0.15) is 18.3 Å². The van der Waals surface area contributed by atoms with Crippen molar-refractivity contribution < 1.29 is 27.4 Å². The number of carbonyl (C=O) groups is 1. The molecule has 2 aromatic carbocycles. The van der Waals surface area contributed by atoms with Gasteiger partial charge in [0.25, 0.3) is 5.91 Å². The number of alkyl halides is 3. The first-order valence-corrected chi connectivity index (χ1v) is 10.6. The van der Waals surface area contributed by atoms with Crippen LogP contribution in [-0.2, 0) is 0 Å². The van der Waals surface area contributed by atoms with E-state index >= 15 is 0 Å². The van der Waals surface area contributed by atoms with E-state index in [4.69, 9.17) is 9.47 Å². The molecular weight excluding hydrogens is 449 g/mol. The van der Waals surface area contributed by atoms with Crippen LogP contribution in [0.5, 0.6) is 11.5 Å². The van der Waals surface area contributed by atoms with E-state index in [1.54, 1.807) is 24.3 Å². The molecule has 2 N–H and O–H groups in total. The first-order chi connectivity index (χ1) is 16.1. The number of benzene rings is 2. The van der Waals surface area contributed by atoms with Crippen LogP contribution >= 0.6 is 0 Å².